The zero-order chi connectivity index (χ0) is 16.1. The van der Waals surface area contributed by atoms with Gasteiger partial charge >= 0.3 is 0 Å². The van der Waals surface area contributed by atoms with Crippen LogP contribution in [0.1, 0.15) is 28.9 Å². The van der Waals surface area contributed by atoms with Gasteiger partial charge in [-0.25, -0.2) is 0 Å². The molecule has 1 N–H and O–H groups in total. The van der Waals surface area contributed by atoms with E-state index in [0.717, 1.165) is 17.0 Å². The molecule has 1 atom stereocenters. The minimum absolute atomic E-state index is 0.0938. The van der Waals surface area contributed by atoms with Crippen molar-refractivity contribution in [3.8, 4) is 5.75 Å². The van der Waals surface area contributed by atoms with Gasteiger partial charge in [0.1, 0.15) is 5.75 Å². The Morgan fingerprint density at radius 3 is 2.32 bits per heavy atom. The number of carbonyl (C=O) groups excluding carboxylic acids is 1. The Morgan fingerprint density at radius 1 is 1.09 bits per heavy atom. The van der Waals surface area contributed by atoms with E-state index in [-0.39, 0.29) is 11.9 Å². The zero-order valence-corrected chi connectivity index (χ0v) is 13.5. The molecule has 0 heterocycles. The van der Waals surface area contributed by atoms with Crippen LogP contribution in [0.25, 0.3) is 0 Å². The molecule has 1 amide bonds. The van der Waals surface area contributed by atoms with Crippen molar-refractivity contribution in [1.82, 2.24) is 5.32 Å². The number of methoxy groups -OCH3 is 1. The number of hydrogen-bond acceptors (Lipinski definition) is 3. The Bertz CT molecular complexity index is 636. The predicted molar refractivity (Wildman–Crippen MR) is 89.6 cm³/mol. The molecular formula is C18H22N2O2. The first-order chi connectivity index (χ1) is 10.5. The van der Waals surface area contributed by atoms with E-state index in [9.17, 15) is 4.79 Å². The summed E-state index contributed by atoms with van der Waals surface area (Å²) in [5.74, 6) is 0.682. The molecule has 0 fully saturated rings. The van der Waals surface area contributed by atoms with Gasteiger partial charge in [-0.2, -0.15) is 0 Å². The lowest BCUT2D eigenvalue weighted by Gasteiger charge is -2.18. The van der Waals surface area contributed by atoms with Crippen molar-refractivity contribution in [3.63, 3.8) is 0 Å². The second-order valence-corrected chi connectivity index (χ2v) is 5.38. The van der Waals surface area contributed by atoms with Gasteiger partial charge in [-0.3, -0.25) is 4.79 Å². The van der Waals surface area contributed by atoms with Gasteiger partial charge in [0.25, 0.3) is 5.91 Å². The summed E-state index contributed by atoms with van der Waals surface area (Å²) in [5.41, 5.74) is 2.67. The molecule has 2 aromatic carbocycles. The highest BCUT2D eigenvalue weighted by Crippen LogP contribution is 2.24. The first-order valence-corrected chi connectivity index (χ1v) is 7.24. The van der Waals surface area contributed by atoms with E-state index in [0.29, 0.717) is 5.56 Å². The summed E-state index contributed by atoms with van der Waals surface area (Å²) in [5, 5.41) is 3.00. The van der Waals surface area contributed by atoms with Crippen LogP contribution < -0.4 is 15.0 Å². The molecule has 116 valence electrons. The normalized spacial score (nSPS) is 11.6. The molecule has 1 unspecified atom stereocenters. The van der Waals surface area contributed by atoms with Crippen LogP contribution in [0.15, 0.2) is 48.5 Å². The lowest BCUT2D eigenvalue weighted by atomic mass is 10.1. The van der Waals surface area contributed by atoms with Crippen molar-refractivity contribution in [1.29, 1.82) is 0 Å². The summed E-state index contributed by atoms with van der Waals surface area (Å²) < 4.78 is 5.34. The first kappa shape index (κ1) is 15.9. The van der Waals surface area contributed by atoms with Crippen molar-refractivity contribution < 1.29 is 9.53 Å². The van der Waals surface area contributed by atoms with Gasteiger partial charge in [0.05, 0.1) is 13.2 Å². The van der Waals surface area contributed by atoms with E-state index in [1.807, 2.05) is 74.4 Å². The fourth-order valence-corrected chi connectivity index (χ4v) is 2.29. The van der Waals surface area contributed by atoms with Crippen LogP contribution in [0, 0.1) is 0 Å². The van der Waals surface area contributed by atoms with Crippen LogP contribution in [0.2, 0.25) is 0 Å². The van der Waals surface area contributed by atoms with Crippen LogP contribution in [0.3, 0.4) is 0 Å². The number of anilines is 1. The number of carbonyl (C=O) groups is 1. The number of hydrogen-bond donors (Lipinski definition) is 1. The molecule has 4 heteroatoms. The maximum absolute atomic E-state index is 12.3. The Kier molecular flexibility index (Phi) is 5.04. The van der Waals surface area contributed by atoms with Crippen molar-refractivity contribution in [2.75, 3.05) is 26.1 Å². The van der Waals surface area contributed by atoms with Crippen LogP contribution >= 0.6 is 0 Å². The molecule has 0 saturated carbocycles. The Balaban J connectivity index is 2.11. The van der Waals surface area contributed by atoms with Crippen molar-refractivity contribution in [3.05, 3.63) is 59.7 Å². The van der Waals surface area contributed by atoms with Crippen LogP contribution in [0.5, 0.6) is 5.75 Å². The van der Waals surface area contributed by atoms with Gasteiger partial charge in [0, 0.05) is 30.9 Å². The number of nitrogens with zero attached hydrogens (tertiary/aromatic N) is 1. The molecule has 0 aliphatic rings. The third kappa shape index (κ3) is 3.58. The standard InChI is InChI=1S/C18H22N2O2/c1-13(16-7-5-6-8-17(16)22-4)19-18(21)14-9-11-15(12-10-14)20(2)3/h5-13H,1-4H3,(H,19,21). The van der Waals surface area contributed by atoms with E-state index in [1.54, 1.807) is 7.11 Å². The number of nitrogens with one attached hydrogen (secondary N) is 1. The third-order valence-electron chi connectivity index (χ3n) is 3.60. The molecule has 0 aliphatic heterocycles. The van der Waals surface area contributed by atoms with Crippen LogP contribution in [-0.2, 0) is 0 Å². The van der Waals surface area contributed by atoms with E-state index < -0.39 is 0 Å². The molecule has 22 heavy (non-hydrogen) atoms. The van der Waals surface area contributed by atoms with Gasteiger partial charge in [0.2, 0.25) is 0 Å². The van der Waals surface area contributed by atoms with Gasteiger partial charge < -0.3 is 15.0 Å². The molecule has 0 bridgehead atoms. The van der Waals surface area contributed by atoms with Gasteiger partial charge in [-0.15, -0.1) is 0 Å². The van der Waals surface area contributed by atoms with Crippen LogP contribution in [-0.4, -0.2) is 27.1 Å². The average Bonchev–Trinajstić information content (AvgIpc) is 2.54. The van der Waals surface area contributed by atoms with Gasteiger partial charge in [-0.05, 0) is 37.3 Å². The smallest absolute Gasteiger partial charge is 0.251 e. The summed E-state index contributed by atoms with van der Waals surface area (Å²) in [7, 11) is 5.57. The summed E-state index contributed by atoms with van der Waals surface area (Å²) in [6, 6.07) is 15.1. The van der Waals surface area contributed by atoms with Crippen molar-refractivity contribution in [2.45, 2.75) is 13.0 Å². The van der Waals surface area contributed by atoms with Crippen molar-refractivity contribution in [2.24, 2.45) is 0 Å². The largest absolute Gasteiger partial charge is 0.496 e. The molecule has 0 saturated heterocycles. The molecule has 0 radical (unpaired) electrons. The van der Waals surface area contributed by atoms with Crippen LogP contribution in [0.4, 0.5) is 5.69 Å². The SMILES string of the molecule is COc1ccccc1C(C)NC(=O)c1ccc(N(C)C)cc1. The Hall–Kier alpha value is -2.49. The minimum Gasteiger partial charge on any atom is -0.496 e. The maximum Gasteiger partial charge on any atom is 0.251 e. The predicted octanol–water partition coefficient (Wildman–Crippen LogP) is 3.25. The van der Waals surface area contributed by atoms with E-state index >= 15 is 0 Å². The fourth-order valence-electron chi connectivity index (χ4n) is 2.29. The zero-order valence-electron chi connectivity index (χ0n) is 13.5. The molecule has 2 aromatic rings. The lowest BCUT2D eigenvalue weighted by Crippen LogP contribution is -2.27. The number of para-hydroxylation sites is 1. The highest BCUT2D eigenvalue weighted by molar-refractivity contribution is 5.94. The third-order valence-corrected chi connectivity index (χ3v) is 3.60. The Labute approximate surface area is 131 Å². The monoisotopic (exact) mass is 298 g/mol. The topological polar surface area (TPSA) is 41.6 Å². The first-order valence-electron chi connectivity index (χ1n) is 7.24. The summed E-state index contributed by atoms with van der Waals surface area (Å²) >= 11 is 0. The van der Waals surface area contributed by atoms with Crippen molar-refractivity contribution >= 4 is 11.6 Å². The molecule has 0 aliphatic carbocycles. The molecule has 0 aromatic heterocycles. The molecule has 4 nitrogen and oxygen atoms in total. The molecular weight excluding hydrogens is 276 g/mol. The van der Waals surface area contributed by atoms with E-state index in [2.05, 4.69) is 5.32 Å². The fraction of sp³-hybridized carbons (Fsp3) is 0.278. The maximum atomic E-state index is 12.3. The second kappa shape index (κ2) is 6.98. The molecule has 2 rings (SSSR count). The summed E-state index contributed by atoms with van der Waals surface area (Å²) in [6.07, 6.45) is 0. The van der Waals surface area contributed by atoms with Gasteiger partial charge in [0.15, 0.2) is 0 Å². The van der Waals surface area contributed by atoms with E-state index in [1.165, 1.54) is 0 Å². The Morgan fingerprint density at radius 2 is 1.73 bits per heavy atom. The molecule has 0 spiro atoms. The highest BCUT2D eigenvalue weighted by Gasteiger charge is 2.14. The summed E-state index contributed by atoms with van der Waals surface area (Å²) in [6.45, 7) is 1.95. The second-order valence-electron chi connectivity index (χ2n) is 5.38. The number of ether oxygens (including phenoxy) is 1. The number of benzene rings is 2. The minimum atomic E-state index is -0.128. The summed E-state index contributed by atoms with van der Waals surface area (Å²) in [4.78, 5) is 14.3. The number of rotatable bonds is 5. The number of amides is 1. The lowest BCUT2D eigenvalue weighted by molar-refractivity contribution is 0.0939. The highest BCUT2D eigenvalue weighted by atomic mass is 16.5. The van der Waals surface area contributed by atoms with E-state index in [4.69, 9.17) is 4.74 Å². The quantitative estimate of drug-likeness (QED) is 0.921. The van der Waals surface area contributed by atoms with Gasteiger partial charge in [-0.1, -0.05) is 18.2 Å². The average molecular weight is 298 g/mol.